The van der Waals surface area contributed by atoms with Gasteiger partial charge >= 0.3 is 5.76 Å². The average Bonchev–Trinajstić information content (AvgIpc) is 3.07. The largest absolute Gasteiger partial charge is 0.492 e. The molecule has 0 spiro atoms. The van der Waals surface area contributed by atoms with Crippen molar-refractivity contribution >= 4 is 10.0 Å². The fraction of sp³-hybridized carbons (Fsp3) is 0.400. The molecule has 2 aromatic rings. The molecule has 0 aliphatic carbocycles. The van der Waals surface area contributed by atoms with Crippen LogP contribution in [0.5, 0.6) is 5.75 Å². The molecule has 6 nitrogen and oxygen atoms in total. The molecule has 2 aromatic carbocycles. The van der Waals surface area contributed by atoms with Crippen LogP contribution in [0.2, 0.25) is 0 Å². The van der Waals surface area contributed by atoms with Gasteiger partial charge in [0.05, 0.1) is 6.04 Å². The van der Waals surface area contributed by atoms with Crippen LogP contribution in [0.4, 0.5) is 17.6 Å². The molecule has 1 aliphatic rings. The molecule has 0 aromatic heterocycles. The number of sulfonamides is 1. The number of para-hydroxylation sites is 1. The molecule has 11 heteroatoms. The summed E-state index contributed by atoms with van der Waals surface area (Å²) >= 11 is 0. The van der Waals surface area contributed by atoms with E-state index in [0.29, 0.717) is 11.3 Å². The first-order valence-electron chi connectivity index (χ1n) is 9.61. The Morgan fingerprint density at radius 3 is 2.58 bits per heavy atom. The lowest BCUT2D eigenvalue weighted by atomic mass is 9.96. The van der Waals surface area contributed by atoms with E-state index in [-0.39, 0.29) is 37.2 Å². The van der Waals surface area contributed by atoms with Crippen molar-refractivity contribution in [3.8, 4) is 16.9 Å². The highest BCUT2D eigenvalue weighted by atomic mass is 32.2. The van der Waals surface area contributed by atoms with Crippen molar-refractivity contribution in [2.75, 3.05) is 19.7 Å². The lowest BCUT2D eigenvalue weighted by Gasteiger charge is -2.22. The van der Waals surface area contributed by atoms with E-state index in [9.17, 15) is 21.6 Å². The van der Waals surface area contributed by atoms with E-state index in [2.05, 4.69) is 5.32 Å². The average molecular weight is 461 g/mol. The van der Waals surface area contributed by atoms with Gasteiger partial charge in [-0.2, -0.15) is 8.78 Å². The summed E-state index contributed by atoms with van der Waals surface area (Å²) in [5.74, 6) is -3.84. The van der Waals surface area contributed by atoms with Crippen molar-refractivity contribution < 1.29 is 30.7 Å². The summed E-state index contributed by atoms with van der Waals surface area (Å²) in [7, 11) is -5.00. The summed E-state index contributed by atoms with van der Waals surface area (Å²) in [4.78, 5) is 0. The second-order valence-electron chi connectivity index (χ2n) is 7.10. The molecule has 0 amide bonds. The van der Waals surface area contributed by atoms with E-state index >= 15 is 4.39 Å². The fourth-order valence-corrected chi connectivity index (χ4v) is 4.33. The van der Waals surface area contributed by atoms with Crippen LogP contribution in [-0.2, 0) is 16.4 Å². The third-order valence-electron chi connectivity index (χ3n) is 5.00. The maximum Gasteiger partial charge on any atom is 0.350 e. The molecule has 3 atom stereocenters. The normalized spacial score (nSPS) is 21.5. The first kappa shape index (κ1) is 23.5. The Bertz CT molecular complexity index is 1010. The Balaban J connectivity index is 1.87. The van der Waals surface area contributed by atoms with Gasteiger partial charge in [-0.1, -0.05) is 36.4 Å². The minimum Gasteiger partial charge on any atom is -0.492 e. The standard InChI is InChI=1S/C20H23F4N3O3S/c21-15-11-26-16(19(15)27-31(28,29)20(23)24)10-12-4-3-6-14(18(12)22)13-5-1-2-7-17(13)30-9-8-25/h1-7,15-16,19-20,26-27H,8-11,25H2. The highest BCUT2D eigenvalue weighted by Gasteiger charge is 2.41. The number of nitrogens with two attached hydrogens (primary N) is 1. The predicted octanol–water partition coefficient (Wildman–Crippen LogP) is 2.19. The van der Waals surface area contributed by atoms with E-state index < -0.39 is 39.9 Å². The Hall–Kier alpha value is -2.21. The van der Waals surface area contributed by atoms with Gasteiger partial charge in [-0.15, -0.1) is 0 Å². The minimum absolute atomic E-state index is 0.109. The number of ether oxygens (including phenoxy) is 1. The number of nitrogens with one attached hydrogen (secondary N) is 2. The molecule has 0 radical (unpaired) electrons. The van der Waals surface area contributed by atoms with Gasteiger partial charge in [-0.05, 0) is 18.1 Å². The van der Waals surface area contributed by atoms with Crippen LogP contribution in [0.1, 0.15) is 5.56 Å². The molecule has 3 rings (SSSR count). The maximum atomic E-state index is 15.3. The van der Waals surface area contributed by atoms with Gasteiger partial charge in [-0.25, -0.2) is 21.9 Å². The fourth-order valence-electron chi connectivity index (χ4n) is 3.53. The summed E-state index contributed by atoms with van der Waals surface area (Å²) in [6, 6.07) is 9.11. The molecule has 0 bridgehead atoms. The van der Waals surface area contributed by atoms with Crippen LogP contribution < -0.4 is 20.5 Å². The zero-order valence-electron chi connectivity index (χ0n) is 16.4. The summed E-state index contributed by atoms with van der Waals surface area (Å²) in [5, 5.41) is 2.74. The predicted molar refractivity (Wildman–Crippen MR) is 109 cm³/mol. The number of hydrogen-bond acceptors (Lipinski definition) is 5. The van der Waals surface area contributed by atoms with E-state index in [4.69, 9.17) is 10.5 Å². The lowest BCUT2D eigenvalue weighted by molar-refractivity contribution is 0.227. The van der Waals surface area contributed by atoms with Crippen LogP contribution in [0.3, 0.4) is 0 Å². The van der Waals surface area contributed by atoms with E-state index in [0.717, 1.165) is 0 Å². The number of hydrogen-bond donors (Lipinski definition) is 3. The molecule has 1 aliphatic heterocycles. The van der Waals surface area contributed by atoms with Crippen LogP contribution in [0, 0.1) is 5.82 Å². The Kier molecular flexibility index (Phi) is 7.52. The zero-order valence-corrected chi connectivity index (χ0v) is 17.2. The van der Waals surface area contributed by atoms with Crippen LogP contribution >= 0.6 is 0 Å². The third-order valence-corrected chi connectivity index (χ3v) is 6.07. The second-order valence-corrected chi connectivity index (χ2v) is 8.78. The Morgan fingerprint density at radius 2 is 1.87 bits per heavy atom. The first-order valence-corrected chi connectivity index (χ1v) is 11.2. The molecule has 170 valence electrons. The van der Waals surface area contributed by atoms with Crippen molar-refractivity contribution in [2.24, 2.45) is 5.73 Å². The topological polar surface area (TPSA) is 93.4 Å². The van der Waals surface area contributed by atoms with Crippen molar-refractivity contribution in [3.63, 3.8) is 0 Å². The van der Waals surface area contributed by atoms with Crippen molar-refractivity contribution in [1.29, 1.82) is 0 Å². The molecular weight excluding hydrogens is 438 g/mol. The van der Waals surface area contributed by atoms with Gasteiger partial charge in [0.1, 0.15) is 24.3 Å². The van der Waals surface area contributed by atoms with Gasteiger partial charge in [0.15, 0.2) is 0 Å². The summed E-state index contributed by atoms with van der Waals surface area (Å²) in [6.45, 7) is 0.289. The van der Waals surface area contributed by atoms with E-state index in [1.807, 2.05) is 0 Å². The quantitative estimate of drug-likeness (QED) is 0.498. The molecule has 1 fully saturated rings. The van der Waals surface area contributed by atoms with Gasteiger partial charge in [0, 0.05) is 30.3 Å². The Morgan fingerprint density at radius 1 is 1.16 bits per heavy atom. The van der Waals surface area contributed by atoms with Crippen molar-refractivity contribution in [2.45, 2.75) is 30.4 Å². The maximum absolute atomic E-state index is 15.3. The van der Waals surface area contributed by atoms with Gasteiger partial charge in [0.25, 0.3) is 10.0 Å². The number of benzene rings is 2. The smallest absolute Gasteiger partial charge is 0.350 e. The van der Waals surface area contributed by atoms with Gasteiger partial charge in [0.2, 0.25) is 0 Å². The molecule has 0 saturated carbocycles. The van der Waals surface area contributed by atoms with Crippen molar-refractivity contribution in [3.05, 3.63) is 53.8 Å². The molecule has 4 N–H and O–H groups in total. The zero-order chi connectivity index (χ0) is 22.6. The van der Waals surface area contributed by atoms with E-state index in [1.54, 1.807) is 41.1 Å². The SMILES string of the molecule is NCCOc1ccccc1-c1cccc(CC2NCC(F)C2NS(=O)(=O)C(F)F)c1F. The van der Waals surface area contributed by atoms with Crippen LogP contribution in [0.15, 0.2) is 42.5 Å². The lowest BCUT2D eigenvalue weighted by Crippen LogP contribution is -2.49. The Labute approximate surface area is 177 Å². The monoisotopic (exact) mass is 461 g/mol. The molecular formula is C20H23F4N3O3S. The van der Waals surface area contributed by atoms with Crippen LogP contribution in [-0.4, -0.2) is 52.1 Å². The molecule has 1 saturated heterocycles. The highest BCUT2D eigenvalue weighted by molar-refractivity contribution is 7.89. The molecule has 1 heterocycles. The van der Waals surface area contributed by atoms with Crippen molar-refractivity contribution in [1.82, 2.24) is 10.0 Å². The third kappa shape index (κ3) is 5.35. The second kappa shape index (κ2) is 9.94. The summed E-state index contributed by atoms with van der Waals surface area (Å²) in [5.41, 5.74) is 6.38. The highest BCUT2D eigenvalue weighted by Crippen LogP contribution is 2.33. The first-order chi connectivity index (χ1) is 14.7. The molecule has 3 unspecified atom stereocenters. The summed E-state index contributed by atoms with van der Waals surface area (Å²) < 4.78 is 85.2. The number of halogens is 4. The number of rotatable bonds is 9. The van der Waals surface area contributed by atoms with Crippen LogP contribution in [0.25, 0.3) is 11.1 Å². The molecule has 31 heavy (non-hydrogen) atoms. The summed E-state index contributed by atoms with van der Waals surface area (Å²) in [6.07, 6.45) is -1.84. The van der Waals surface area contributed by atoms with Gasteiger partial charge in [-0.3, -0.25) is 0 Å². The van der Waals surface area contributed by atoms with Gasteiger partial charge < -0.3 is 15.8 Å². The minimum atomic E-state index is -5.00. The number of alkyl halides is 3. The van der Waals surface area contributed by atoms with E-state index in [1.165, 1.54) is 6.07 Å².